The minimum absolute atomic E-state index is 0.0666. The molecule has 0 spiro atoms. The van der Waals surface area contributed by atoms with Gasteiger partial charge in [0, 0.05) is 17.6 Å². The Kier molecular flexibility index (Phi) is 10.7. The minimum atomic E-state index is -4.16. The lowest BCUT2D eigenvalue weighted by Crippen LogP contribution is -2.54. The van der Waals surface area contributed by atoms with Crippen molar-refractivity contribution in [1.82, 2.24) is 10.2 Å². The molecule has 3 aromatic carbocycles. The van der Waals surface area contributed by atoms with Gasteiger partial charge in [0.05, 0.1) is 10.6 Å². The van der Waals surface area contributed by atoms with Crippen molar-refractivity contribution < 1.29 is 18.0 Å². The van der Waals surface area contributed by atoms with Gasteiger partial charge < -0.3 is 10.2 Å². The Morgan fingerprint density at radius 2 is 1.60 bits per heavy atom. The average molecular weight is 610 g/mol. The second-order valence-electron chi connectivity index (χ2n) is 11.0. The zero-order valence-corrected chi connectivity index (χ0v) is 26.1. The third-order valence-corrected chi connectivity index (χ3v) is 10.1. The number of carbonyl (C=O) groups excluding carboxylic acids is 2. The Bertz CT molecular complexity index is 1470. The highest BCUT2D eigenvalue weighted by atomic mass is 35.5. The Morgan fingerprint density at radius 3 is 2.24 bits per heavy atom. The molecule has 224 valence electrons. The van der Waals surface area contributed by atoms with Crippen molar-refractivity contribution in [3.05, 3.63) is 94.5 Å². The van der Waals surface area contributed by atoms with Crippen molar-refractivity contribution in [3.63, 3.8) is 0 Å². The summed E-state index contributed by atoms with van der Waals surface area (Å²) in [4.78, 5) is 29.5. The molecule has 4 rings (SSSR count). The van der Waals surface area contributed by atoms with Gasteiger partial charge in [-0.05, 0) is 68.5 Å². The molecule has 2 amide bonds. The van der Waals surface area contributed by atoms with Crippen LogP contribution in [-0.4, -0.2) is 43.8 Å². The number of benzene rings is 3. The lowest BCUT2D eigenvalue weighted by molar-refractivity contribution is -0.140. The number of hydrogen-bond acceptors (Lipinski definition) is 4. The van der Waals surface area contributed by atoms with Gasteiger partial charge in [-0.25, -0.2) is 8.42 Å². The van der Waals surface area contributed by atoms with Crippen molar-refractivity contribution in [2.45, 2.75) is 82.8 Å². The maximum atomic E-state index is 14.3. The van der Waals surface area contributed by atoms with Gasteiger partial charge in [0.2, 0.25) is 11.8 Å². The normalized spacial score (nSPS) is 14.7. The average Bonchev–Trinajstić information content (AvgIpc) is 2.98. The highest BCUT2D eigenvalue weighted by Crippen LogP contribution is 2.31. The van der Waals surface area contributed by atoms with E-state index in [1.165, 1.54) is 17.0 Å². The molecule has 0 radical (unpaired) electrons. The Balaban J connectivity index is 1.72. The molecule has 1 saturated carbocycles. The van der Waals surface area contributed by atoms with Crippen molar-refractivity contribution in [2.24, 2.45) is 0 Å². The van der Waals surface area contributed by atoms with E-state index < -0.39 is 28.5 Å². The maximum absolute atomic E-state index is 14.3. The molecule has 9 heteroatoms. The van der Waals surface area contributed by atoms with E-state index in [0.29, 0.717) is 22.7 Å². The second-order valence-corrected chi connectivity index (χ2v) is 13.3. The first-order valence-electron chi connectivity index (χ1n) is 14.6. The summed E-state index contributed by atoms with van der Waals surface area (Å²) in [5.41, 5.74) is 2.62. The van der Waals surface area contributed by atoms with E-state index in [-0.39, 0.29) is 23.4 Å². The number of carbonyl (C=O) groups is 2. The summed E-state index contributed by atoms with van der Waals surface area (Å²) >= 11 is 6.42. The van der Waals surface area contributed by atoms with E-state index >= 15 is 0 Å². The zero-order chi connectivity index (χ0) is 30.3. The molecular weight excluding hydrogens is 570 g/mol. The molecule has 0 aromatic heterocycles. The Morgan fingerprint density at radius 1 is 0.929 bits per heavy atom. The third kappa shape index (κ3) is 7.53. The number of halogens is 1. The van der Waals surface area contributed by atoms with Crippen LogP contribution in [-0.2, 0) is 26.2 Å². The minimum Gasteiger partial charge on any atom is -0.352 e. The Labute approximate surface area is 254 Å². The molecule has 42 heavy (non-hydrogen) atoms. The maximum Gasteiger partial charge on any atom is 0.264 e. The standard InChI is InChI=1S/C33H40ClN3O4S/c1-4-30(33(39)35-27-14-9-6-10-15-27)36(22-26-12-7-5-8-13-26)32(38)23-37(31-17-11-16-29(34)25(31)3)42(40,41)28-20-18-24(2)19-21-28/h5,7-8,11-13,16-21,27,30H,4,6,9-10,14-15,22-23H2,1-3H3,(H,35,39)/t30-/m0/s1. The third-order valence-electron chi connectivity index (χ3n) is 7.93. The molecule has 0 saturated heterocycles. The predicted molar refractivity (Wildman–Crippen MR) is 168 cm³/mol. The second kappa shape index (κ2) is 14.2. The van der Waals surface area contributed by atoms with Crippen LogP contribution in [0.15, 0.2) is 77.7 Å². The number of hydrogen-bond donors (Lipinski definition) is 1. The van der Waals surface area contributed by atoms with Gasteiger partial charge >= 0.3 is 0 Å². The number of rotatable bonds is 11. The highest BCUT2D eigenvalue weighted by Gasteiger charge is 2.35. The first-order valence-corrected chi connectivity index (χ1v) is 16.4. The summed E-state index contributed by atoms with van der Waals surface area (Å²) in [5, 5.41) is 3.56. The molecule has 1 fully saturated rings. The lowest BCUT2D eigenvalue weighted by Gasteiger charge is -2.34. The summed E-state index contributed by atoms with van der Waals surface area (Å²) in [7, 11) is -4.16. The van der Waals surface area contributed by atoms with E-state index in [1.54, 1.807) is 37.3 Å². The van der Waals surface area contributed by atoms with Crippen LogP contribution in [0.25, 0.3) is 0 Å². The molecule has 1 N–H and O–H groups in total. The van der Waals surface area contributed by atoms with Crippen LogP contribution in [0.5, 0.6) is 0 Å². The van der Waals surface area contributed by atoms with Crippen LogP contribution in [0.1, 0.15) is 62.1 Å². The van der Waals surface area contributed by atoms with Gasteiger partial charge in [0.25, 0.3) is 10.0 Å². The molecule has 0 aliphatic heterocycles. The van der Waals surface area contributed by atoms with Crippen molar-refractivity contribution in [1.29, 1.82) is 0 Å². The molecule has 7 nitrogen and oxygen atoms in total. The molecule has 1 aliphatic rings. The Hall–Kier alpha value is -3.36. The number of amides is 2. The quantitative estimate of drug-likeness (QED) is 0.272. The van der Waals surface area contributed by atoms with E-state index in [9.17, 15) is 18.0 Å². The van der Waals surface area contributed by atoms with Gasteiger partial charge in [-0.1, -0.05) is 91.9 Å². The van der Waals surface area contributed by atoms with E-state index in [4.69, 9.17) is 11.6 Å². The lowest BCUT2D eigenvalue weighted by atomic mass is 9.95. The van der Waals surface area contributed by atoms with E-state index in [0.717, 1.165) is 47.5 Å². The zero-order valence-electron chi connectivity index (χ0n) is 24.6. The van der Waals surface area contributed by atoms with E-state index in [1.807, 2.05) is 44.2 Å². The van der Waals surface area contributed by atoms with Crippen LogP contribution >= 0.6 is 11.6 Å². The monoisotopic (exact) mass is 609 g/mol. The number of nitrogens with zero attached hydrogens (tertiary/aromatic N) is 2. The van der Waals surface area contributed by atoms with Gasteiger partial charge in [0.1, 0.15) is 12.6 Å². The molecule has 3 aromatic rings. The van der Waals surface area contributed by atoms with Crippen molar-refractivity contribution >= 4 is 39.1 Å². The highest BCUT2D eigenvalue weighted by molar-refractivity contribution is 7.92. The smallest absolute Gasteiger partial charge is 0.264 e. The number of nitrogens with one attached hydrogen (secondary N) is 1. The van der Waals surface area contributed by atoms with Crippen molar-refractivity contribution in [3.8, 4) is 0 Å². The SMILES string of the molecule is CC[C@@H](C(=O)NC1CCCCC1)N(Cc1ccccc1)C(=O)CN(c1cccc(Cl)c1C)S(=O)(=O)c1ccc(C)cc1. The number of aryl methyl sites for hydroxylation is 1. The molecule has 0 heterocycles. The molecular formula is C33H40ClN3O4S. The first kappa shape index (κ1) is 31.6. The van der Waals surface area contributed by atoms with Gasteiger partial charge in [0.15, 0.2) is 0 Å². The topological polar surface area (TPSA) is 86.8 Å². The molecule has 0 unspecified atom stereocenters. The van der Waals surface area contributed by atoms with Gasteiger partial charge in [-0.2, -0.15) is 0 Å². The molecule has 0 bridgehead atoms. The summed E-state index contributed by atoms with van der Waals surface area (Å²) < 4.78 is 29.3. The molecule has 1 atom stereocenters. The van der Waals surface area contributed by atoms with Crippen molar-refractivity contribution in [2.75, 3.05) is 10.8 Å². The number of sulfonamides is 1. The fourth-order valence-corrected chi connectivity index (χ4v) is 7.10. The summed E-state index contributed by atoms with van der Waals surface area (Å²) in [6.07, 6.45) is 5.53. The van der Waals surface area contributed by atoms with Gasteiger partial charge in [-0.15, -0.1) is 0 Å². The number of anilines is 1. The fraction of sp³-hybridized carbons (Fsp3) is 0.394. The first-order chi connectivity index (χ1) is 20.1. The summed E-state index contributed by atoms with van der Waals surface area (Å²) in [6, 6.07) is 20.3. The largest absolute Gasteiger partial charge is 0.352 e. The van der Waals surface area contributed by atoms with E-state index in [2.05, 4.69) is 5.32 Å². The van der Waals surface area contributed by atoms with Crippen LogP contribution in [0.3, 0.4) is 0 Å². The van der Waals surface area contributed by atoms with Crippen LogP contribution in [0.4, 0.5) is 5.69 Å². The van der Waals surface area contributed by atoms with Crippen LogP contribution in [0, 0.1) is 13.8 Å². The van der Waals surface area contributed by atoms with Gasteiger partial charge in [-0.3, -0.25) is 13.9 Å². The predicted octanol–water partition coefficient (Wildman–Crippen LogP) is 6.41. The molecule has 1 aliphatic carbocycles. The fourth-order valence-electron chi connectivity index (χ4n) is 5.46. The van der Waals surface area contributed by atoms with Crippen LogP contribution in [0.2, 0.25) is 5.02 Å². The van der Waals surface area contributed by atoms with Crippen LogP contribution < -0.4 is 9.62 Å². The summed E-state index contributed by atoms with van der Waals surface area (Å²) in [5.74, 6) is -0.680. The summed E-state index contributed by atoms with van der Waals surface area (Å²) in [6.45, 7) is 5.16.